The number of carbonyl (C=O) groups is 2. The van der Waals surface area contributed by atoms with Crippen LogP contribution >= 0.6 is 0 Å². The van der Waals surface area contributed by atoms with E-state index in [4.69, 9.17) is 29.1 Å². The van der Waals surface area contributed by atoms with Gasteiger partial charge in [-0.05, 0) is 42.1 Å². The summed E-state index contributed by atoms with van der Waals surface area (Å²) in [6.45, 7) is 5.26. The van der Waals surface area contributed by atoms with Crippen LogP contribution in [-0.2, 0) is 22.5 Å². The lowest BCUT2D eigenvalue weighted by Gasteiger charge is -2.20. The molecule has 3 aliphatic heterocycles. The molecular weight excluding hydrogens is 741 g/mol. The molecule has 3 aliphatic rings. The number of alkyl halides is 3. The molecule has 6 heterocycles. The van der Waals surface area contributed by atoms with Gasteiger partial charge in [-0.15, -0.1) is 0 Å². The van der Waals surface area contributed by atoms with E-state index in [-0.39, 0.29) is 18.1 Å². The maximum Gasteiger partial charge on any atom is 0.490 e. The van der Waals surface area contributed by atoms with E-state index >= 15 is 0 Å². The van der Waals surface area contributed by atoms with Gasteiger partial charge in [0.25, 0.3) is 0 Å². The monoisotopic (exact) mass is 782 g/mol. The number of aryl methyl sites for hydroxylation is 1. The lowest BCUT2D eigenvalue weighted by molar-refractivity contribution is -0.192. The Labute approximate surface area is 317 Å². The number of aromatic nitrogens is 5. The van der Waals surface area contributed by atoms with Crippen LogP contribution in [0.3, 0.4) is 0 Å². The topological polar surface area (TPSA) is 225 Å². The first-order valence-corrected chi connectivity index (χ1v) is 18.1. The Balaban J connectivity index is 0.000000629. The SMILES string of the molecule is CCc1cc([C@H]2O[C@@H](n3cnc4c(NCc5cccc6ccccc56)nc(N5CCC(NC(=O)N[C@@H]6CCNC6)C5)nc43)[C@@H](O)[C@H]2O)on1.O=C(O)C(F)(F)F. The number of anilines is 2. The molecule has 0 spiro atoms. The zero-order chi connectivity index (χ0) is 39.6. The fraction of sp³-hybridized carbons (Fsp3) is 0.444. The molecule has 6 atom stereocenters. The van der Waals surface area contributed by atoms with Gasteiger partial charge in [0.2, 0.25) is 5.95 Å². The Kier molecular flexibility index (Phi) is 11.2. The standard InChI is InChI=1S/C34H40N10O5.C2HF3O2/c1-2-21-14-25(49-42-21)29-27(45)28(46)32(48-29)44-18-37-26-30(36-15-20-8-5-7-19-6-3-4-9-24(19)20)40-33(41-31(26)44)43-13-11-23(17-43)39-34(47)38-22-10-12-35-16-22;3-2(4,5)1(6)7/h3-9,14,18,22-23,27-29,32,35,45-46H,2,10-13,15-17H2,1H3,(H,36,40,41)(H2,38,39,47);(H,6,7)/t22-,23?,27-,28+,29-,32-;/m1./s1. The Morgan fingerprint density at radius 1 is 1.04 bits per heavy atom. The highest BCUT2D eigenvalue weighted by molar-refractivity contribution is 5.87. The number of urea groups is 1. The van der Waals surface area contributed by atoms with Gasteiger partial charge in [0.1, 0.15) is 18.3 Å². The number of fused-ring (bicyclic) bond motifs is 2. The normalized spacial score (nSPS) is 23.6. The second-order valence-corrected chi connectivity index (χ2v) is 13.7. The van der Waals surface area contributed by atoms with E-state index in [9.17, 15) is 28.2 Å². The summed E-state index contributed by atoms with van der Waals surface area (Å²) in [4.78, 5) is 38.2. The van der Waals surface area contributed by atoms with Crippen LogP contribution in [0.5, 0.6) is 0 Å². The molecule has 3 saturated heterocycles. The van der Waals surface area contributed by atoms with Crippen LogP contribution in [0.1, 0.15) is 49.1 Å². The van der Waals surface area contributed by atoms with Gasteiger partial charge in [-0.25, -0.2) is 14.6 Å². The first-order chi connectivity index (χ1) is 26.9. The van der Waals surface area contributed by atoms with Crippen LogP contribution in [-0.4, -0.2) is 109 Å². The van der Waals surface area contributed by atoms with Crippen molar-refractivity contribution in [2.45, 2.75) is 75.5 Å². The number of aliphatic carboxylic acids is 1. The van der Waals surface area contributed by atoms with E-state index in [0.717, 1.165) is 48.0 Å². The van der Waals surface area contributed by atoms with Crippen molar-refractivity contribution in [3.05, 3.63) is 71.9 Å². The van der Waals surface area contributed by atoms with Crippen molar-refractivity contribution < 1.29 is 47.3 Å². The van der Waals surface area contributed by atoms with Crippen molar-refractivity contribution in [3.8, 4) is 0 Å². The largest absolute Gasteiger partial charge is 0.490 e. The summed E-state index contributed by atoms with van der Waals surface area (Å²) in [5, 5.41) is 48.6. The third-order valence-corrected chi connectivity index (χ3v) is 9.91. The average molecular weight is 783 g/mol. The van der Waals surface area contributed by atoms with Crippen molar-refractivity contribution in [2.24, 2.45) is 0 Å². The first kappa shape index (κ1) is 38.7. The molecule has 3 aromatic heterocycles. The van der Waals surface area contributed by atoms with Gasteiger partial charge < -0.3 is 50.7 Å². The van der Waals surface area contributed by atoms with E-state index in [1.807, 2.05) is 30.0 Å². The van der Waals surface area contributed by atoms with Crippen LogP contribution in [0.4, 0.5) is 29.7 Å². The number of imidazole rings is 1. The van der Waals surface area contributed by atoms with E-state index < -0.39 is 36.7 Å². The Hall–Kier alpha value is -5.57. The molecule has 5 aromatic rings. The zero-order valence-corrected chi connectivity index (χ0v) is 30.1. The summed E-state index contributed by atoms with van der Waals surface area (Å²) in [5.41, 5.74) is 2.74. The number of aliphatic hydroxyl groups is 2. The minimum absolute atomic E-state index is 0.0866. The predicted molar refractivity (Wildman–Crippen MR) is 195 cm³/mol. The van der Waals surface area contributed by atoms with Gasteiger partial charge in [0.15, 0.2) is 29.0 Å². The molecule has 298 valence electrons. The number of aliphatic hydroxyl groups excluding tert-OH is 2. The third-order valence-electron chi connectivity index (χ3n) is 9.91. The molecule has 8 rings (SSSR count). The molecule has 2 amide bonds. The number of carboxylic acid groups (broad SMARTS) is 1. The molecule has 17 nitrogen and oxygen atoms in total. The number of carboxylic acids is 1. The highest BCUT2D eigenvalue weighted by Crippen LogP contribution is 2.40. The predicted octanol–water partition coefficient (Wildman–Crippen LogP) is 3.01. The molecule has 7 N–H and O–H groups in total. The van der Waals surface area contributed by atoms with E-state index in [2.05, 4.69) is 55.7 Å². The second-order valence-electron chi connectivity index (χ2n) is 13.7. The maximum absolute atomic E-state index is 12.7. The van der Waals surface area contributed by atoms with Crippen LogP contribution in [0.15, 0.2) is 59.4 Å². The second kappa shape index (κ2) is 16.3. The Morgan fingerprint density at radius 3 is 2.54 bits per heavy atom. The lowest BCUT2D eigenvalue weighted by Crippen LogP contribution is -2.47. The van der Waals surface area contributed by atoms with Crippen LogP contribution in [0.25, 0.3) is 21.9 Å². The van der Waals surface area contributed by atoms with Crippen molar-refractivity contribution in [1.82, 2.24) is 40.6 Å². The molecular formula is C36H41F3N10O7. The number of ether oxygens (including phenoxy) is 1. The van der Waals surface area contributed by atoms with Crippen molar-refractivity contribution >= 4 is 45.7 Å². The number of rotatable bonds is 9. The lowest BCUT2D eigenvalue weighted by atomic mass is 10.0. The molecule has 2 aromatic carbocycles. The minimum Gasteiger partial charge on any atom is -0.475 e. The van der Waals surface area contributed by atoms with Crippen LogP contribution in [0, 0.1) is 0 Å². The number of hydrogen-bond donors (Lipinski definition) is 7. The number of benzene rings is 2. The first-order valence-electron chi connectivity index (χ1n) is 18.1. The summed E-state index contributed by atoms with van der Waals surface area (Å²) in [5.74, 6) is -1.45. The zero-order valence-electron chi connectivity index (χ0n) is 30.1. The van der Waals surface area contributed by atoms with Crippen LogP contribution < -0.4 is 26.2 Å². The molecule has 3 fully saturated rings. The van der Waals surface area contributed by atoms with E-state index in [1.54, 1.807) is 17.0 Å². The summed E-state index contributed by atoms with van der Waals surface area (Å²) in [6.07, 6.45) is -5.72. The summed E-state index contributed by atoms with van der Waals surface area (Å²) in [7, 11) is 0. The van der Waals surface area contributed by atoms with Crippen molar-refractivity contribution in [1.29, 1.82) is 0 Å². The van der Waals surface area contributed by atoms with Gasteiger partial charge >= 0.3 is 18.2 Å². The van der Waals surface area contributed by atoms with Crippen LogP contribution in [0.2, 0.25) is 0 Å². The fourth-order valence-electron chi connectivity index (χ4n) is 6.98. The number of nitrogens with zero attached hydrogens (tertiary/aromatic N) is 6. The molecule has 1 unspecified atom stereocenters. The van der Waals surface area contributed by atoms with Gasteiger partial charge in [-0.3, -0.25) is 4.57 Å². The average Bonchev–Trinajstić information content (AvgIpc) is 4.03. The summed E-state index contributed by atoms with van der Waals surface area (Å²) < 4.78 is 45.0. The molecule has 0 saturated carbocycles. The minimum atomic E-state index is -5.08. The molecule has 56 heavy (non-hydrogen) atoms. The highest BCUT2D eigenvalue weighted by Gasteiger charge is 2.47. The van der Waals surface area contributed by atoms with E-state index in [0.29, 0.717) is 54.7 Å². The number of halogens is 3. The van der Waals surface area contributed by atoms with Gasteiger partial charge in [-0.2, -0.15) is 23.1 Å². The summed E-state index contributed by atoms with van der Waals surface area (Å²) >= 11 is 0. The third kappa shape index (κ3) is 8.32. The smallest absolute Gasteiger partial charge is 0.475 e. The highest BCUT2D eigenvalue weighted by atomic mass is 19.4. The van der Waals surface area contributed by atoms with Gasteiger partial charge in [-0.1, -0.05) is 54.5 Å². The Bertz CT molecular complexity index is 2170. The number of amides is 2. The molecule has 20 heteroatoms. The number of nitrogens with one attached hydrogen (secondary N) is 4. The molecule has 0 bridgehead atoms. The van der Waals surface area contributed by atoms with Gasteiger partial charge in [0, 0.05) is 44.3 Å². The Morgan fingerprint density at radius 2 is 1.80 bits per heavy atom. The number of hydrogen-bond acceptors (Lipinski definition) is 13. The van der Waals surface area contributed by atoms with Crippen molar-refractivity contribution in [2.75, 3.05) is 36.4 Å². The molecule has 0 radical (unpaired) electrons. The molecule has 0 aliphatic carbocycles. The number of carbonyl (C=O) groups excluding carboxylic acids is 1. The summed E-state index contributed by atoms with van der Waals surface area (Å²) in [6, 6.07) is 16.0. The quantitative estimate of drug-likeness (QED) is 0.114. The fourth-order valence-corrected chi connectivity index (χ4v) is 6.98. The van der Waals surface area contributed by atoms with Gasteiger partial charge in [0.05, 0.1) is 12.0 Å². The van der Waals surface area contributed by atoms with Crippen molar-refractivity contribution in [3.63, 3.8) is 0 Å². The maximum atomic E-state index is 12.7. The van der Waals surface area contributed by atoms with E-state index in [1.165, 1.54) is 0 Å².